The molecule has 0 aliphatic rings. The standard InChI is InChI=1S/C39H52NO7P/c1-4-5-6-7-8-9-10-11-12-15-27-44-38-24-17-25-39(32(38)2)45-30-36(43-3)31-46-48(41,42)47-35-22-16-19-33(28-35)29-40-26-18-21-34-20-13-14-23-37(34)40/h13-14,16-26,28,36H,4-12,15,27,29-31H2,1-3H3/p+1. The SMILES string of the molecule is CCCCCCCCCCCCOc1cccc(OCC(COP(=O)(O)Oc2cccc(C[n+]3cccc4ccccc43)c2)OC)c1C. The minimum atomic E-state index is -4.43. The van der Waals surface area contributed by atoms with Gasteiger partial charge in [0.15, 0.2) is 12.7 Å². The Morgan fingerprint density at radius 1 is 0.771 bits per heavy atom. The van der Waals surface area contributed by atoms with Crippen molar-refractivity contribution < 1.29 is 37.3 Å². The maximum Gasteiger partial charge on any atom is 0.527 e. The number of fused-ring (bicyclic) bond motifs is 1. The second kappa shape index (κ2) is 20.2. The van der Waals surface area contributed by atoms with Gasteiger partial charge in [0.2, 0.25) is 5.52 Å². The number of para-hydroxylation sites is 1. The number of unbranched alkanes of at least 4 members (excludes halogenated alkanes) is 9. The van der Waals surface area contributed by atoms with Crippen molar-refractivity contribution in [2.45, 2.75) is 90.7 Å². The summed E-state index contributed by atoms with van der Waals surface area (Å²) in [7, 11) is -2.92. The number of nitrogens with zero attached hydrogens (tertiary/aromatic N) is 1. The number of aromatic nitrogens is 1. The third-order valence-corrected chi connectivity index (χ3v) is 9.35. The van der Waals surface area contributed by atoms with Gasteiger partial charge in [-0.1, -0.05) is 95.0 Å². The number of pyridine rings is 1. The minimum Gasteiger partial charge on any atom is -0.493 e. The molecule has 0 radical (unpaired) electrons. The van der Waals surface area contributed by atoms with E-state index in [9.17, 15) is 9.46 Å². The summed E-state index contributed by atoms with van der Waals surface area (Å²) in [6.07, 6.45) is 14.2. The molecule has 0 aliphatic carbocycles. The molecule has 4 rings (SSSR count). The first-order valence-electron chi connectivity index (χ1n) is 17.4. The first-order valence-corrected chi connectivity index (χ1v) is 18.9. The van der Waals surface area contributed by atoms with Gasteiger partial charge in [0.25, 0.3) is 0 Å². The summed E-state index contributed by atoms with van der Waals surface area (Å²) in [5.41, 5.74) is 2.91. The van der Waals surface area contributed by atoms with Crippen LogP contribution in [0.25, 0.3) is 10.9 Å². The number of rotatable bonds is 23. The summed E-state index contributed by atoms with van der Waals surface area (Å²) in [4.78, 5) is 10.5. The Morgan fingerprint density at radius 2 is 1.44 bits per heavy atom. The van der Waals surface area contributed by atoms with E-state index in [0.717, 1.165) is 34.2 Å². The smallest absolute Gasteiger partial charge is 0.493 e. The van der Waals surface area contributed by atoms with Gasteiger partial charge in [-0.25, -0.2) is 4.57 Å². The second-order valence-electron chi connectivity index (χ2n) is 12.3. The second-order valence-corrected chi connectivity index (χ2v) is 13.7. The van der Waals surface area contributed by atoms with Crippen LogP contribution in [-0.4, -0.2) is 37.9 Å². The fraction of sp³-hybridized carbons (Fsp3) is 0.462. The van der Waals surface area contributed by atoms with E-state index >= 15 is 0 Å². The van der Waals surface area contributed by atoms with Gasteiger partial charge in [-0.05, 0) is 49.7 Å². The quantitative estimate of drug-likeness (QED) is 0.0475. The van der Waals surface area contributed by atoms with E-state index in [1.54, 1.807) is 18.2 Å². The zero-order valence-corrected chi connectivity index (χ0v) is 29.7. The Kier molecular flexibility index (Phi) is 15.7. The Morgan fingerprint density at radius 3 is 2.19 bits per heavy atom. The third kappa shape index (κ3) is 12.6. The van der Waals surface area contributed by atoms with Crippen LogP contribution in [0.3, 0.4) is 0 Å². The molecule has 3 aromatic carbocycles. The fourth-order valence-corrected chi connectivity index (χ4v) is 6.43. The van der Waals surface area contributed by atoms with Gasteiger partial charge in [0.05, 0.1) is 13.2 Å². The summed E-state index contributed by atoms with van der Waals surface area (Å²) in [6, 6.07) is 25.0. The molecule has 0 saturated heterocycles. The molecular formula is C39H53NO7P+. The first kappa shape index (κ1) is 37.4. The molecule has 1 N–H and O–H groups in total. The van der Waals surface area contributed by atoms with Gasteiger partial charge in [0, 0.05) is 35.8 Å². The number of ether oxygens (including phenoxy) is 3. The van der Waals surface area contributed by atoms with Crippen molar-refractivity contribution in [2.24, 2.45) is 0 Å². The van der Waals surface area contributed by atoms with E-state index in [-0.39, 0.29) is 19.0 Å². The van der Waals surface area contributed by atoms with Crippen LogP contribution in [0.4, 0.5) is 0 Å². The Balaban J connectivity index is 1.19. The molecule has 0 fully saturated rings. The lowest BCUT2D eigenvalue weighted by atomic mass is 10.1. The van der Waals surface area contributed by atoms with Crippen molar-refractivity contribution in [2.75, 3.05) is 26.9 Å². The highest BCUT2D eigenvalue weighted by Crippen LogP contribution is 2.44. The molecule has 1 aromatic heterocycles. The van der Waals surface area contributed by atoms with Crippen LogP contribution in [0.15, 0.2) is 85.1 Å². The number of hydrogen-bond donors (Lipinski definition) is 1. The van der Waals surface area contributed by atoms with Crippen LogP contribution < -0.4 is 18.6 Å². The Hall–Kier alpha value is -3.42. The first-order chi connectivity index (χ1) is 23.4. The summed E-state index contributed by atoms with van der Waals surface area (Å²) in [5, 5.41) is 1.13. The molecule has 2 atom stereocenters. The summed E-state index contributed by atoms with van der Waals surface area (Å²) < 4.78 is 43.3. The molecule has 1 heterocycles. The lowest BCUT2D eigenvalue weighted by molar-refractivity contribution is -0.662. The van der Waals surface area contributed by atoms with Gasteiger partial charge in [0.1, 0.15) is 30.0 Å². The number of hydrogen-bond acceptors (Lipinski definition) is 6. The predicted molar refractivity (Wildman–Crippen MR) is 191 cm³/mol. The molecular weight excluding hydrogens is 625 g/mol. The maximum atomic E-state index is 12.9. The van der Waals surface area contributed by atoms with Crippen molar-refractivity contribution in [3.63, 3.8) is 0 Å². The molecule has 8 nitrogen and oxygen atoms in total. The van der Waals surface area contributed by atoms with E-state index in [4.69, 9.17) is 23.3 Å². The van der Waals surface area contributed by atoms with Crippen LogP contribution in [0, 0.1) is 6.92 Å². The topological polar surface area (TPSA) is 87.3 Å². The highest BCUT2D eigenvalue weighted by atomic mass is 31.2. The molecule has 0 saturated carbocycles. The van der Waals surface area contributed by atoms with E-state index in [1.807, 2.05) is 55.6 Å². The van der Waals surface area contributed by atoms with E-state index < -0.39 is 13.9 Å². The Labute approximate surface area is 286 Å². The molecule has 0 spiro atoms. The number of phosphoric acid groups is 1. The summed E-state index contributed by atoms with van der Waals surface area (Å²) >= 11 is 0. The van der Waals surface area contributed by atoms with Crippen molar-refractivity contribution in [1.29, 1.82) is 0 Å². The van der Waals surface area contributed by atoms with Crippen molar-refractivity contribution in [1.82, 2.24) is 0 Å². The monoisotopic (exact) mass is 678 g/mol. The summed E-state index contributed by atoms with van der Waals surface area (Å²) in [5.74, 6) is 1.71. The highest BCUT2D eigenvalue weighted by molar-refractivity contribution is 7.47. The highest BCUT2D eigenvalue weighted by Gasteiger charge is 2.26. The van der Waals surface area contributed by atoms with Gasteiger partial charge in [-0.3, -0.25) is 9.42 Å². The normalized spacial score (nSPS) is 13.2. The Bertz CT molecular complexity index is 1570. The van der Waals surface area contributed by atoms with Crippen molar-refractivity contribution >= 4 is 18.7 Å². The molecule has 0 bridgehead atoms. The van der Waals surface area contributed by atoms with Crippen LogP contribution >= 0.6 is 7.82 Å². The molecule has 9 heteroatoms. The third-order valence-electron chi connectivity index (χ3n) is 8.43. The minimum absolute atomic E-state index is 0.122. The van der Waals surface area contributed by atoms with E-state index in [2.05, 4.69) is 29.7 Å². The average molecular weight is 679 g/mol. The van der Waals surface area contributed by atoms with Gasteiger partial charge in [-0.15, -0.1) is 0 Å². The van der Waals surface area contributed by atoms with Crippen molar-refractivity contribution in [3.05, 3.63) is 96.2 Å². The molecule has 260 valence electrons. The zero-order valence-electron chi connectivity index (χ0n) is 28.9. The molecule has 2 unspecified atom stereocenters. The van der Waals surface area contributed by atoms with Gasteiger partial charge in [-0.2, -0.15) is 4.57 Å². The average Bonchev–Trinajstić information content (AvgIpc) is 3.08. The fourth-order valence-electron chi connectivity index (χ4n) is 5.64. The van der Waals surface area contributed by atoms with Gasteiger partial charge < -0.3 is 18.7 Å². The van der Waals surface area contributed by atoms with Crippen LogP contribution in [-0.2, 0) is 20.4 Å². The molecule has 0 amide bonds. The van der Waals surface area contributed by atoms with Crippen molar-refractivity contribution in [3.8, 4) is 17.2 Å². The number of phosphoric ester groups is 1. The molecule has 48 heavy (non-hydrogen) atoms. The van der Waals surface area contributed by atoms with Crippen LogP contribution in [0.2, 0.25) is 0 Å². The predicted octanol–water partition coefficient (Wildman–Crippen LogP) is 9.37. The lowest BCUT2D eigenvalue weighted by Crippen LogP contribution is -2.34. The van der Waals surface area contributed by atoms with Crippen LogP contribution in [0.1, 0.15) is 82.3 Å². The van der Waals surface area contributed by atoms with Gasteiger partial charge >= 0.3 is 7.82 Å². The number of methoxy groups -OCH3 is 1. The lowest BCUT2D eigenvalue weighted by Gasteiger charge is -2.20. The van der Waals surface area contributed by atoms with Crippen LogP contribution in [0.5, 0.6) is 17.2 Å². The maximum absolute atomic E-state index is 12.9. The molecule has 4 aromatic rings. The zero-order chi connectivity index (χ0) is 34.0. The van der Waals surface area contributed by atoms with E-state index in [1.165, 1.54) is 64.9 Å². The molecule has 0 aliphatic heterocycles. The largest absolute Gasteiger partial charge is 0.527 e. The van der Waals surface area contributed by atoms with E-state index in [0.29, 0.717) is 18.9 Å². The summed E-state index contributed by atoms with van der Waals surface area (Å²) in [6.45, 7) is 5.39. The number of benzene rings is 3.